The van der Waals surface area contributed by atoms with Crippen LogP contribution in [-0.2, 0) is 9.53 Å². The van der Waals surface area contributed by atoms with Crippen molar-refractivity contribution in [3.63, 3.8) is 0 Å². The molecule has 2 aliphatic heterocycles. The Morgan fingerprint density at radius 1 is 1.15 bits per heavy atom. The van der Waals surface area contributed by atoms with Crippen LogP contribution in [0.4, 0.5) is 0 Å². The van der Waals surface area contributed by atoms with Crippen molar-refractivity contribution in [3.8, 4) is 22.8 Å². The van der Waals surface area contributed by atoms with Crippen molar-refractivity contribution >= 4 is 39.3 Å². The van der Waals surface area contributed by atoms with Crippen LogP contribution in [0.25, 0.3) is 17.4 Å². The number of esters is 1. The van der Waals surface area contributed by atoms with Crippen LogP contribution < -0.4 is 24.4 Å². The second-order valence-electron chi connectivity index (χ2n) is 9.10. The van der Waals surface area contributed by atoms with Crippen LogP contribution in [0.3, 0.4) is 0 Å². The largest absolute Gasteiger partial charge is 0.463 e. The summed E-state index contributed by atoms with van der Waals surface area (Å²) in [6.07, 6.45) is 1.70. The summed E-state index contributed by atoms with van der Waals surface area (Å²) in [5.41, 5.74) is 3.25. The molecule has 1 atom stereocenters. The predicted molar refractivity (Wildman–Crippen MR) is 150 cm³/mol. The lowest BCUT2D eigenvalue weighted by molar-refractivity contribution is -0.139. The van der Waals surface area contributed by atoms with Gasteiger partial charge in [-0.05, 0) is 68.3 Å². The van der Waals surface area contributed by atoms with Crippen LogP contribution in [-0.4, -0.2) is 23.9 Å². The summed E-state index contributed by atoms with van der Waals surface area (Å²) in [5, 5.41) is 0. The summed E-state index contributed by atoms with van der Waals surface area (Å²) >= 11 is 4.84. The molecule has 0 N–H and O–H groups in total. The fraction of sp³-hybridized carbons (Fsp3) is 0.207. The third kappa shape index (κ3) is 4.53. The zero-order chi connectivity index (χ0) is 27.3. The average Bonchev–Trinajstić information content (AvgIpc) is 3.63. The second-order valence-corrected chi connectivity index (χ2v) is 11.0. The molecule has 198 valence electrons. The van der Waals surface area contributed by atoms with Crippen molar-refractivity contribution in [1.82, 2.24) is 4.57 Å². The molecule has 0 bridgehead atoms. The Hall–Kier alpha value is -3.89. The molecule has 0 saturated heterocycles. The Morgan fingerprint density at radius 3 is 2.77 bits per heavy atom. The maximum Gasteiger partial charge on any atom is 0.338 e. The van der Waals surface area contributed by atoms with Crippen LogP contribution in [0, 0.1) is 6.92 Å². The van der Waals surface area contributed by atoms with Crippen LogP contribution in [0.1, 0.15) is 36.8 Å². The summed E-state index contributed by atoms with van der Waals surface area (Å²) in [6.45, 7) is 5.83. The van der Waals surface area contributed by atoms with E-state index >= 15 is 0 Å². The van der Waals surface area contributed by atoms with Gasteiger partial charge in [0.15, 0.2) is 16.3 Å². The van der Waals surface area contributed by atoms with Gasteiger partial charge < -0.3 is 18.6 Å². The molecule has 0 spiro atoms. The van der Waals surface area contributed by atoms with Gasteiger partial charge in [0.1, 0.15) is 11.5 Å². The van der Waals surface area contributed by atoms with Crippen molar-refractivity contribution in [2.75, 3.05) is 13.4 Å². The highest BCUT2D eigenvalue weighted by molar-refractivity contribution is 9.10. The van der Waals surface area contributed by atoms with Gasteiger partial charge >= 0.3 is 5.97 Å². The van der Waals surface area contributed by atoms with Gasteiger partial charge in [0.25, 0.3) is 5.56 Å². The van der Waals surface area contributed by atoms with E-state index in [4.69, 9.17) is 18.6 Å². The fourth-order valence-corrected chi connectivity index (χ4v) is 6.43. The van der Waals surface area contributed by atoms with E-state index in [-0.39, 0.29) is 19.0 Å². The highest BCUT2D eigenvalue weighted by Gasteiger charge is 2.34. The number of aryl methyl sites for hydroxylation is 1. The van der Waals surface area contributed by atoms with Gasteiger partial charge in [-0.2, -0.15) is 0 Å². The van der Waals surface area contributed by atoms with E-state index in [1.54, 1.807) is 32.1 Å². The molecule has 0 fully saturated rings. The number of fused-ring (bicyclic) bond motifs is 2. The van der Waals surface area contributed by atoms with Crippen molar-refractivity contribution in [1.29, 1.82) is 0 Å². The van der Waals surface area contributed by atoms with Gasteiger partial charge in [-0.1, -0.05) is 39.4 Å². The zero-order valence-corrected chi connectivity index (χ0v) is 23.7. The molecule has 2 aromatic heterocycles. The number of allylic oxidation sites excluding steroid dienone is 1. The topological polar surface area (TPSA) is 92.3 Å². The first-order chi connectivity index (χ1) is 18.8. The van der Waals surface area contributed by atoms with Gasteiger partial charge in [0, 0.05) is 16.1 Å². The normalized spacial score (nSPS) is 16.3. The van der Waals surface area contributed by atoms with Crippen LogP contribution in [0.5, 0.6) is 11.5 Å². The minimum Gasteiger partial charge on any atom is -0.463 e. The Kier molecular flexibility index (Phi) is 6.52. The molecule has 2 aliphatic rings. The number of carbonyl (C=O) groups is 1. The Labute approximate surface area is 235 Å². The summed E-state index contributed by atoms with van der Waals surface area (Å²) in [5.74, 6) is 1.86. The quantitative estimate of drug-likeness (QED) is 0.301. The first-order valence-corrected chi connectivity index (χ1v) is 13.9. The fourth-order valence-electron chi connectivity index (χ4n) is 4.71. The number of carbonyl (C=O) groups excluding carboxylic acids is 1. The number of benzene rings is 2. The molecule has 10 heteroatoms. The molecular weight excluding hydrogens is 584 g/mol. The highest BCUT2D eigenvalue weighted by atomic mass is 79.9. The lowest BCUT2D eigenvalue weighted by Gasteiger charge is -2.24. The van der Waals surface area contributed by atoms with Gasteiger partial charge in [-0.25, -0.2) is 9.79 Å². The summed E-state index contributed by atoms with van der Waals surface area (Å²) in [6, 6.07) is 14.4. The SMILES string of the molecule is CCOC(=O)C1=C(C)N=c2sc(=Cc3ccc(-c4ccc(C)cc4Br)o3)c(=O)n2C1c1ccc2c(c1)OCO2. The predicted octanol–water partition coefficient (Wildman–Crippen LogP) is 4.86. The first kappa shape index (κ1) is 25.4. The maximum atomic E-state index is 13.8. The van der Waals surface area contributed by atoms with E-state index in [2.05, 4.69) is 20.9 Å². The van der Waals surface area contributed by atoms with Crippen LogP contribution >= 0.6 is 27.3 Å². The molecule has 6 rings (SSSR count). The van der Waals surface area contributed by atoms with E-state index in [1.807, 2.05) is 43.3 Å². The number of halogens is 1. The van der Waals surface area contributed by atoms with Gasteiger partial charge in [-0.15, -0.1) is 0 Å². The Morgan fingerprint density at radius 2 is 1.97 bits per heavy atom. The smallest absolute Gasteiger partial charge is 0.338 e. The lowest BCUT2D eigenvalue weighted by atomic mass is 9.95. The van der Waals surface area contributed by atoms with Crippen LogP contribution in [0.2, 0.25) is 0 Å². The van der Waals surface area contributed by atoms with E-state index in [1.165, 1.54) is 15.9 Å². The van der Waals surface area contributed by atoms with E-state index in [9.17, 15) is 9.59 Å². The molecule has 0 amide bonds. The second kappa shape index (κ2) is 10.0. The lowest BCUT2D eigenvalue weighted by Crippen LogP contribution is -2.39. The van der Waals surface area contributed by atoms with E-state index < -0.39 is 12.0 Å². The Bertz CT molecular complexity index is 1850. The summed E-state index contributed by atoms with van der Waals surface area (Å²) in [7, 11) is 0. The maximum absolute atomic E-state index is 13.8. The molecule has 39 heavy (non-hydrogen) atoms. The van der Waals surface area contributed by atoms with Crippen molar-refractivity contribution < 1.29 is 23.4 Å². The van der Waals surface area contributed by atoms with E-state index in [0.29, 0.717) is 49.2 Å². The average molecular weight is 607 g/mol. The number of furan rings is 1. The highest BCUT2D eigenvalue weighted by Crippen LogP contribution is 2.38. The molecule has 1 unspecified atom stereocenters. The monoisotopic (exact) mass is 606 g/mol. The van der Waals surface area contributed by atoms with Crippen molar-refractivity contribution in [2.45, 2.75) is 26.8 Å². The first-order valence-electron chi connectivity index (χ1n) is 12.3. The number of thiazole rings is 1. The number of rotatable bonds is 5. The Balaban J connectivity index is 1.48. The molecule has 0 radical (unpaired) electrons. The minimum absolute atomic E-state index is 0.117. The molecular formula is C29H23BrN2O6S. The summed E-state index contributed by atoms with van der Waals surface area (Å²) in [4.78, 5) is 32.0. The van der Waals surface area contributed by atoms with Gasteiger partial charge in [0.05, 0.1) is 28.5 Å². The van der Waals surface area contributed by atoms with E-state index in [0.717, 1.165) is 15.6 Å². The molecule has 4 heterocycles. The number of hydrogen-bond acceptors (Lipinski definition) is 8. The number of aromatic nitrogens is 1. The van der Waals surface area contributed by atoms with Gasteiger partial charge in [-0.3, -0.25) is 9.36 Å². The van der Waals surface area contributed by atoms with Crippen LogP contribution in [0.15, 0.2) is 78.5 Å². The number of nitrogens with zero attached hydrogens (tertiary/aromatic N) is 2. The molecule has 0 saturated carbocycles. The van der Waals surface area contributed by atoms with Crippen molar-refractivity contribution in [3.05, 3.63) is 101 Å². The number of ether oxygens (including phenoxy) is 3. The molecule has 2 aromatic carbocycles. The standard InChI is InChI=1S/C29H23BrN2O6S/c1-4-35-28(34)25-16(3)31-29-32(26(25)17-6-9-22-23(12-17)37-14-36-22)27(33)24(39-29)13-18-7-10-21(38-18)19-8-5-15(2)11-20(19)30/h5-13,26H,4,14H2,1-3H3. The van der Waals surface area contributed by atoms with Gasteiger partial charge in [0.2, 0.25) is 6.79 Å². The molecule has 8 nitrogen and oxygen atoms in total. The third-order valence-corrected chi connectivity index (χ3v) is 8.16. The summed E-state index contributed by atoms with van der Waals surface area (Å²) < 4.78 is 25.4. The molecule has 4 aromatic rings. The minimum atomic E-state index is -0.743. The third-order valence-electron chi connectivity index (χ3n) is 6.52. The molecule has 0 aliphatic carbocycles. The number of hydrogen-bond donors (Lipinski definition) is 0. The zero-order valence-electron chi connectivity index (χ0n) is 21.3. The van der Waals surface area contributed by atoms with Crippen molar-refractivity contribution in [2.24, 2.45) is 4.99 Å².